The monoisotopic (exact) mass is 320 g/mol. The fourth-order valence-corrected chi connectivity index (χ4v) is 3.67. The van der Waals surface area contributed by atoms with E-state index >= 15 is 0 Å². The summed E-state index contributed by atoms with van der Waals surface area (Å²) in [6.45, 7) is 4.67. The van der Waals surface area contributed by atoms with E-state index in [1.54, 1.807) is 0 Å². The second-order valence-corrected chi connectivity index (χ2v) is 6.41. The Morgan fingerprint density at radius 1 is 1.04 bits per heavy atom. The molecule has 0 saturated carbocycles. The summed E-state index contributed by atoms with van der Waals surface area (Å²) in [5.41, 5.74) is 4.51. The van der Waals surface area contributed by atoms with Crippen LogP contribution in [0.1, 0.15) is 5.82 Å². The van der Waals surface area contributed by atoms with E-state index < -0.39 is 0 Å². The molecule has 2 aromatic carbocycles. The molecule has 1 saturated heterocycles. The molecule has 4 aromatic rings. The maximum atomic E-state index is 5.50. The van der Waals surface area contributed by atoms with Gasteiger partial charge in [0.1, 0.15) is 24.1 Å². The fourth-order valence-electron chi connectivity index (χ4n) is 3.67. The Labute approximate surface area is 139 Å². The first-order valence-corrected chi connectivity index (χ1v) is 8.51. The smallest absolute Gasteiger partial charge is 0.299 e. The number of quaternary nitrogens is 1. The van der Waals surface area contributed by atoms with E-state index in [0.29, 0.717) is 0 Å². The van der Waals surface area contributed by atoms with Crippen LogP contribution in [0.3, 0.4) is 0 Å². The lowest BCUT2D eigenvalue weighted by atomic mass is 10.2. The highest BCUT2D eigenvalue weighted by Gasteiger charge is 2.24. The maximum absolute atomic E-state index is 5.50. The van der Waals surface area contributed by atoms with Crippen molar-refractivity contribution in [2.45, 2.75) is 6.54 Å². The van der Waals surface area contributed by atoms with Crippen LogP contribution in [-0.2, 0) is 11.3 Å². The molecule has 0 unspecified atom stereocenters. The van der Waals surface area contributed by atoms with E-state index in [0.717, 1.165) is 60.7 Å². The van der Waals surface area contributed by atoms with Crippen molar-refractivity contribution in [3.8, 4) is 0 Å². The van der Waals surface area contributed by atoms with Crippen molar-refractivity contribution in [2.24, 2.45) is 0 Å². The highest BCUT2D eigenvalue weighted by molar-refractivity contribution is 5.91. The van der Waals surface area contributed by atoms with Crippen LogP contribution in [-0.4, -0.2) is 36.3 Å². The molecular formula is C19H20N4O+2. The number of morpholine rings is 1. The molecule has 0 spiro atoms. The molecule has 2 aromatic heterocycles. The quantitative estimate of drug-likeness (QED) is 0.539. The molecule has 5 nitrogen and oxygen atoms in total. The zero-order valence-corrected chi connectivity index (χ0v) is 13.5. The molecule has 3 heterocycles. The van der Waals surface area contributed by atoms with E-state index in [2.05, 4.69) is 57.9 Å². The standard InChI is InChI=1S/C19H18N4O/c1-2-6-15-14(5-1)19-21-16-7-3-4-8-17(16)23(19)18(20-15)13-22-9-11-24-12-10-22/h1-8H,9-13H2/p+2. The van der Waals surface area contributed by atoms with Crippen LogP contribution >= 0.6 is 0 Å². The first kappa shape index (κ1) is 13.9. The van der Waals surface area contributed by atoms with Crippen molar-refractivity contribution < 1.29 is 14.0 Å². The van der Waals surface area contributed by atoms with Crippen LogP contribution in [0.4, 0.5) is 0 Å². The van der Waals surface area contributed by atoms with Gasteiger partial charge < -0.3 is 9.64 Å². The number of rotatable bonds is 2. The van der Waals surface area contributed by atoms with Gasteiger partial charge in [0.15, 0.2) is 12.1 Å². The third-order valence-corrected chi connectivity index (χ3v) is 4.90. The minimum Gasteiger partial charge on any atom is -0.370 e. The topological polar surface area (TPSA) is 46.5 Å². The third kappa shape index (κ3) is 2.17. The van der Waals surface area contributed by atoms with Crippen LogP contribution < -0.4 is 9.30 Å². The van der Waals surface area contributed by atoms with Crippen LogP contribution in [0, 0.1) is 0 Å². The summed E-state index contributed by atoms with van der Waals surface area (Å²) in [5.74, 6) is 1.11. The number of fused-ring (bicyclic) bond motifs is 5. The summed E-state index contributed by atoms with van der Waals surface area (Å²) < 4.78 is 7.79. The Morgan fingerprint density at radius 3 is 2.75 bits per heavy atom. The van der Waals surface area contributed by atoms with Gasteiger partial charge in [-0.3, -0.25) is 4.98 Å². The summed E-state index contributed by atoms with van der Waals surface area (Å²) in [7, 11) is 0. The molecule has 5 rings (SSSR count). The van der Waals surface area contributed by atoms with Gasteiger partial charge in [-0.25, -0.2) is 0 Å². The lowest BCUT2D eigenvalue weighted by Gasteiger charge is -2.22. The number of imidazole rings is 1. The molecule has 24 heavy (non-hydrogen) atoms. The zero-order valence-electron chi connectivity index (χ0n) is 13.5. The number of ether oxygens (including phenoxy) is 1. The summed E-state index contributed by atoms with van der Waals surface area (Å²) in [5, 5.41) is 1.16. The second kappa shape index (κ2) is 5.54. The molecule has 0 atom stereocenters. The summed E-state index contributed by atoms with van der Waals surface area (Å²) in [6.07, 6.45) is 0. The number of benzene rings is 2. The average molecular weight is 320 g/mol. The lowest BCUT2D eigenvalue weighted by Crippen LogP contribution is -3.13. The normalized spacial score (nSPS) is 16.3. The minimum absolute atomic E-state index is 0.838. The minimum atomic E-state index is 0.838. The Balaban J connectivity index is 1.79. The number of para-hydroxylation sites is 3. The van der Waals surface area contributed by atoms with Crippen molar-refractivity contribution in [3.63, 3.8) is 0 Å². The number of nitrogens with zero attached hydrogens (tertiary/aromatic N) is 2. The molecular weight excluding hydrogens is 300 g/mol. The largest absolute Gasteiger partial charge is 0.370 e. The molecule has 0 amide bonds. The number of aromatic amines is 1. The maximum Gasteiger partial charge on any atom is 0.299 e. The van der Waals surface area contributed by atoms with Gasteiger partial charge in [0.25, 0.3) is 5.82 Å². The van der Waals surface area contributed by atoms with Gasteiger partial charge in [0, 0.05) is 0 Å². The molecule has 2 N–H and O–H groups in total. The predicted molar refractivity (Wildman–Crippen MR) is 92.0 cm³/mol. The van der Waals surface area contributed by atoms with Crippen LogP contribution in [0.5, 0.6) is 0 Å². The number of aromatic nitrogens is 3. The molecule has 0 aliphatic carbocycles. The van der Waals surface area contributed by atoms with Crippen molar-refractivity contribution in [3.05, 3.63) is 54.4 Å². The lowest BCUT2D eigenvalue weighted by molar-refractivity contribution is -0.926. The van der Waals surface area contributed by atoms with Crippen molar-refractivity contribution in [1.82, 2.24) is 9.97 Å². The van der Waals surface area contributed by atoms with E-state index in [1.165, 1.54) is 10.4 Å². The van der Waals surface area contributed by atoms with Gasteiger partial charge >= 0.3 is 0 Å². The Morgan fingerprint density at radius 2 is 1.83 bits per heavy atom. The number of H-pyrrole nitrogens is 1. The van der Waals surface area contributed by atoms with Gasteiger partial charge in [0.05, 0.1) is 18.6 Å². The fraction of sp³-hybridized carbons (Fsp3) is 0.263. The number of nitrogens with one attached hydrogen (secondary N) is 2. The van der Waals surface area contributed by atoms with Crippen molar-refractivity contribution >= 4 is 27.6 Å². The highest BCUT2D eigenvalue weighted by Crippen LogP contribution is 2.18. The van der Waals surface area contributed by atoms with E-state index in [9.17, 15) is 0 Å². The summed E-state index contributed by atoms with van der Waals surface area (Å²) in [4.78, 5) is 10.1. The van der Waals surface area contributed by atoms with Gasteiger partial charge in [0.2, 0.25) is 5.65 Å². The molecule has 1 fully saturated rings. The van der Waals surface area contributed by atoms with Crippen LogP contribution in [0.2, 0.25) is 0 Å². The number of hydrogen-bond donors (Lipinski definition) is 2. The molecule has 120 valence electrons. The van der Waals surface area contributed by atoms with Gasteiger partial charge in [-0.1, -0.05) is 24.3 Å². The van der Waals surface area contributed by atoms with Gasteiger partial charge in [-0.05, 0) is 24.3 Å². The Bertz CT molecular complexity index is 1030. The SMILES string of the molecule is c1ccc2c(c1)nc(C[NH+]1CCOCC1)[n+]1c3ccccc3[nH]c21. The molecule has 1 aliphatic heterocycles. The summed E-state index contributed by atoms with van der Waals surface area (Å²) in [6, 6.07) is 16.8. The third-order valence-electron chi connectivity index (χ3n) is 4.90. The average Bonchev–Trinajstić information content (AvgIpc) is 3.03. The zero-order chi connectivity index (χ0) is 15.9. The Hall–Kier alpha value is -2.50. The number of hydrogen-bond acceptors (Lipinski definition) is 2. The highest BCUT2D eigenvalue weighted by atomic mass is 16.5. The molecule has 1 aliphatic rings. The molecule has 0 radical (unpaired) electrons. The van der Waals surface area contributed by atoms with Crippen LogP contribution in [0.15, 0.2) is 48.5 Å². The van der Waals surface area contributed by atoms with E-state index in [1.807, 2.05) is 0 Å². The first-order chi connectivity index (χ1) is 11.9. The summed E-state index contributed by atoms with van der Waals surface area (Å²) >= 11 is 0. The van der Waals surface area contributed by atoms with E-state index in [-0.39, 0.29) is 0 Å². The van der Waals surface area contributed by atoms with E-state index in [4.69, 9.17) is 9.72 Å². The van der Waals surface area contributed by atoms with Crippen molar-refractivity contribution in [2.75, 3.05) is 26.3 Å². The first-order valence-electron chi connectivity index (χ1n) is 8.51. The van der Waals surface area contributed by atoms with Crippen molar-refractivity contribution in [1.29, 1.82) is 0 Å². The van der Waals surface area contributed by atoms with Crippen LogP contribution in [0.25, 0.3) is 27.6 Å². The molecule has 0 bridgehead atoms. The molecule has 5 heteroatoms. The van der Waals surface area contributed by atoms with Gasteiger partial charge in [-0.2, -0.15) is 4.40 Å². The predicted octanol–water partition coefficient (Wildman–Crippen LogP) is 0.870. The van der Waals surface area contributed by atoms with Gasteiger partial charge in [-0.15, -0.1) is 4.98 Å². The second-order valence-electron chi connectivity index (χ2n) is 6.41. The Kier molecular flexibility index (Phi) is 3.21.